The normalized spacial score (nSPS) is 11.9. The average molecular weight is 462 g/mol. The summed E-state index contributed by atoms with van der Waals surface area (Å²) in [7, 11) is 1.74. The summed E-state index contributed by atoms with van der Waals surface area (Å²) >= 11 is -2.48. The van der Waals surface area contributed by atoms with E-state index in [0.29, 0.717) is 0 Å². The summed E-state index contributed by atoms with van der Waals surface area (Å²) in [5, 5.41) is 1.27. The van der Waals surface area contributed by atoms with Crippen molar-refractivity contribution in [1.82, 2.24) is 4.98 Å². The Hall–Kier alpha value is -0.771. The number of unbranched alkanes of at least 4 members (excludes halogenated alkanes) is 3. The monoisotopic (exact) mass is 463 g/mol. The van der Waals surface area contributed by atoms with Gasteiger partial charge in [-0.25, -0.2) is 0 Å². The summed E-state index contributed by atoms with van der Waals surface area (Å²) in [5.41, 5.74) is 2.52. The number of pyridine rings is 1. The van der Waals surface area contributed by atoms with Crippen molar-refractivity contribution in [3.05, 3.63) is 29.8 Å². The van der Waals surface area contributed by atoms with Crippen LogP contribution < -0.4 is 8.45 Å². The summed E-state index contributed by atoms with van der Waals surface area (Å²) in [4.78, 5) is 5.29. The van der Waals surface area contributed by atoms with E-state index >= 15 is 0 Å². The third-order valence-corrected chi connectivity index (χ3v) is 20.8. The molecule has 2 nitrogen and oxygen atoms in total. The number of hydrogen-bond donors (Lipinski definition) is 0. The van der Waals surface area contributed by atoms with Crippen LogP contribution in [0.3, 0.4) is 0 Å². The minimum absolute atomic E-state index is 0.915. The van der Waals surface area contributed by atoms with Gasteiger partial charge in [-0.1, -0.05) is 0 Å². The Morgan fingerprint density at radius 2 is 1.46 bits per heavy atom. The first kappa shape index (κ1) is 21.5. The van der Waals surface area contributed by atoms with Crippen LogP contribution >= 0.6 is 0 Å². The van der Waals surface area contributed by atoms with Crippen molar-refractivity contribution in [3.63, 3.8) is 0 Å². The number of methoxy groups -OCH3 is 1. The summed E-state index contributed by atoms with van der Waals surface area (Å²) in [6.07, 6.45) is 8.03. The van der Waals surface area contributed by atoms with Gasteiger partial charge in [0.25, 0.3) is 0 Å². The molecule has 0 aliphatic rings. The molecule has 0 spiro atoms. The molecule has 1 heterocycles. The molecular formula is C23H37NOSn. The Morgan fingerprint density at radius 3 is 1.96 bits per heavy atom. The van der Waals surface area contributed by atoms with Crippen LogP contribution in [0, 0.1) is 6.92 Å². The van der Waals surface area contributed by atoms with Crippen molar-refractivity contribution in [3.8, 4) is 5.75 Å². The number of hydrogen-bond acceptors (Lipinski definition) is 2. The molecule has 0 unspecified atom stereocenters. The van der Waals surface area contributed by atoms with Crippen LogP contribution in [0.5, 0.6) is 5.75 Å². The van der Waals surface area contributed by atoms with Gasteiger partial charge in [-0.05, 0) is 0 Å². The Labute approximate surface area is 164 Å². The van der Waals surface area contributed by atoms with E-state index in [1.54, 1.807) is 7.11 Å². The zero-order chi connectivity index (χ0) is 19.0. The number of aromatic nitrogens is 1. The predicted octanol–water partition coefficient (Wildman–Crippen LogP) is 6.61. The van der Waals surface area contributed by atoms with Gasteiger partial charge in [0.15, 0.2) is 0 Å². The van der Waals surface area contributed by atoms with Crippen LogP contribution in [-0.4, -0.2) is 30.5 Å². The average Bonchev–Trinajstić information content (AvgIpc) is 2.67. The number of ether oxygens (including phenoxy) is 1. The van der Waals surface area contributed by atoms with E-state index in [0.717, 1.165) is 11.3 Å². The minimum atomic E-state index is -2.48. The Bertz CT molecular complexity index is 676. The van der Waals surface area contributed by atoms with Gasteiger partial charge in [-0.3, -0.25) is 0 Å². The number of rotatable bonds is 11. The quantitative estimate of drug-likeness (QED) is 0.351. The molecule has 3 heteroatoms. The molecule has 0 bridgehead atoms. The molecule has 2 aromatic rings. The van der Waals surface area contributed by atoms with Gasteiger partial charge < -0.3 is 0 Å². The maximum atomic E-state index is 5.46. The third-order valence-electron chi connectivity index (χ3n) is 5.79. The van der Waals surface area contributed by atoms with E-state index in [9.17, 15) is 0 Å². The van der Waals surface area contributed by atoms with E-state index in [2.05, 4.69) is 52.0 Å². The number of aryl methyl sites for hydroxylation is 1. The van der Waals surface area contributed by atoms with Crippen molar-refractivity contribution in [1.29, 1.82) is 0 Å². The predicted molar refractivity (Wildman–Crippen MR) is 118 cm³/mol. The van der Waals surface area contributed by atoms with Gasteiger partial charge in [0.1, 0.15) is 0 Å². The summed E-state index contributed by atoms with van der Waals surface area (Å²) < 4.78 is 11.4. The molecule has 0 radical (unpaired) electrons. The number of fused-ring (bicyclic) bond motifs is 1. The van der Waals surface area contributed by atoms with Gasteiger partial charge in [0, 0.05) is 0 Å². The van der Waals surface area contributed by atoms with Crippen LogP contribution in [0.4, 0.5) is 0 Å². The van der Waals surface area contributed by atoms with Crippen molar-refractivity contribution in [2.24, 2.45) is 0 Å². The molecular weight excluding hydrogens is 425 g/mol. The van der Waals surface area contributed by atoms with Gasteiger partial charge in [0.2, 0.25) is 0 Å². The first-order valence-corrected chi connectivity index (χ1v) is 18.0. The van der Waals surface area contributed by atoms with Crippen molar-refractivity contribution >= 4 is 33.0 Å². The standard InChI is InChI=1S/C11H10NO.3C4H9.Sn/c1-8-5-6-12-11-7-9(13-2)3-4-10(8)11;3*1-3-4-2;/h3-5,7H,1-2H3;3*1,3-4H2,2H3;. The molecule has 1 aromatic carbocycles. The molecule has 144 valence electrons. The fraction of sp³-hybridized carbons (Fsp3) is 0.609. The van der Waals surface area contributed by atoms with E-state index in [1.165, 1.54) is 66.5 Å². The van der Waals surface area contributed by atoms with Gasteiger partial charge in [0.05, 0.1) is 0 Å². The third kappa shape index (κ3) is 5.15. The van der Waals surface area contributed by atoms with Crippen LogP contribution in [0.1, 0.15) is 64.9 Å². The van der Waals surface area contributed by atoms with Crippen molar-refractivity contribution in [2.45, 2.75) is 79.5 Å². The summed E-state index contributed by atoms with van der Waals surface area (Å²) in [6, 6.07) is 8.81. The molecule has 0 saturated heterocycles. The molecule has 0 amide bonds. The van der Waals surface area contributed by atoms with Crippen LogP contribution in [-0.2, 0) is 0 Å². The second-order valence-corrected chi connectivity index (χ2v) is 20.9. The zero-order valence-corrected chi connectivity index (χ0v) is 20.4. The number of nitrogens with zero attached hydrogens (tertiary/aromatic N) is 1. The first-order chi connectivity index (χ1) is 12.6. The fourth-order valence-electron chi connectivity index (χ4n) is 4.09. The summed E-state index contributed by atoms with van der Waals surface area (Å²) in [5.74, 6) is 0.915. The van der Waals surface area contributed by atoms with E-state index in [4.69, 9.17) is 9.72 Å². The molecule has 1 aromatic heterocycles. The molecule has 0 saturated carbocycles. The molecule has 0 aliphatic heterocycles. The van der Waals surface area contributed by atoms with Crippen molar-refractivity contribution in [2.75, 3.05) is 7.11 Å². The first-order valence-electron chi connectivity index (χ1n) is 10.6. The molecule has 0 aliphatic carbocycles. The van der Waals surface area contributed by atoms with Crippen LogP contribution in [0.2, 0.25) is 13.3 Å². The summed E-state index contributed by atoms with van der Waals surface area (Å²) in [6.45, 7) is 9.26. The van der Waals surface area contributed by atoms with Gasteiger partial charge in [-0.2, -0.15) is 0 Å². The van der Waals surface area contributed by atoms with Crippen LogP contribution in [0.25, 0.3) is 10.9 Å². The van der Waals surface area contributed by atoms with Crippen LogP contribution in [0.15, 0.2) is 24.3 Å². The van der Waals surface area contributed by atoms with E-state index in [-0.39, 0.29) is 0 Å². The molecule has 26 heavy (non-hydrogen) atoms. The van der Waals surface area contributed by atoms with Gasteiger partial charge in [-0.15, -0.1) is 0 Å². The SMILES string of the molecule is CCC[CH2][Sn]([CH2]CCC)([CH2]CCC)[c]1cc(C)c2ccc(OC)cc2n1. The maximum absolute atomic E-state index is 5.46. The van der Waals surface area contributed by atoms with E-state index in [1.807, 2.05) is 0 Å². The van der Waals surface area contributed by atoms with E-state index < -0.39 is 18.4 Å². The Kier molecular flexibility index (Phi) is 8.72. The second kappa shape index (κ2) is 10.5. The Balaban J connectivity index is 2.55. The molecule has 0 fully saturated rings. The fourth-order valence-corrected chi connectivity index (χ4v) is 19.8. The Morgan fingerprint density at radius 1 is 0.885 bits per heavy atom. The topological polar surface area (TPSA) is 22.1 Å². The zero-order valence-electron chi connectivity index (χ0n) is 17.5. The number of benzene rings is 1. The molecule has 0 atom stereocenters. The van der Waals surface area contributed by atoms with Gasteiger partial charge >= 0.3 is 165 Å². The molecule has 2 rings (SSSR count). The second-order valence-electron chi connectivity index (χ2n) is 7.80. The molecule has 0 N–H and O–H groups in total. The van der Waals surface area contributed by atoms with Crippen molar-refractivity contribution < 1.29 is 4.74 Å².